The van der Waals surface area contributed by atoms with Crippen molar-refractivity contribution in [2.75, 3.05) is 19.8 Å². The minimum Gasteiger partial charge on any atom is -0.493 e. The molecule has 0 aliphatic carbocycles. The second kappa shape index (κ2) is 8.09. The van der Waals surface area contributed by atoms with E-state index in [0.29, 0.717) is 6.61 Å². The maximum Gasteiger partial charge on any atom is 0.119 e. The number of benzene rings is 1. The Kier molecular flexibility index (Phi) is 6.67. The van der Waals surface area contributed by atoms with Crippen LogP contribution in [0.25, 0.3) is 0 Å². The second-order valence-corrected chi connectivity index (χ2v) is 4.42. The Morgan fingerprint density at radius 1 is 1.29 bits per heavy atom. The van der Waals surface area contributed by atoms with Gasteiger partial charge in [0.1, 0.15) is 5.75 Å². The van der Waals surface area contributed by atoms with E-state index >= 15 is 0 Å². The first kappa shape index (κ1) is 14.0. The van der Waals surface area contributed by atoms with Gasteiger partial charge in [-0.2, -0.15) is 0 Å². The van der Waals surface area contributed by atoms with Crippen molar-refractivity contribution in [2.45, 2.75) is 26.8 Å². The molecule has 0 saturated carbocycles. The molecule has 0 heterocycles. The first-order valence-corrected chi connectivity index (χ1v) is 6.29. The number of aliphatic hydroxyl groups is 1. The highest BCUT2D eigenvalue weighted by Crippen LogP contribution is 2.13. The van der Waals surface area contributed by atoms with Gasteiger partial charge in [-0.1, -0.05) is 26.0 Å². The molecule has 1 aromatic rings. The van der Waals surface area contributed by atoms with Crippen LogP contribution in [0.2, 0.25) is 0 Å². The Balaban J connectivity index is 2.34. The lowest BCUT2D eigenvalue weighted by atomic mass is 10.2. The van der Waals surface area contributed by atoms with Gasteiger partial charge in [0, 0.05) is 19.1 Å². The topological polar surface area (TPSA) is 41.5 Å². The number of ether oxygens (including phenoxy) is 1. The maximum atomic E-state index is 8.89. The molecule has 0 spiro atoms. The molecule has 0 saturated heterocycles. The summed E-state index contributed by atoms with van der Waals surface area (Å²) in [7, 11) is 0. The Hall–Kier alpha value is -1.06. The van der Waals surface area contributed by atoms with E-state index in [1.807, 2.05) is 19.1 Å². The molecular weight excluding hydrogens is 214 g/mol. The van der Waals surface area contributed by atoms with Crippen molar-refractivity contribution in [3.8, 4) is 5.75 Å². The molecule has 0 aliphatic heterocycles. The van der Waals surface area contributed by atoms with Crippen molar-refractivity contribution in [1.82, 2.24) is 5.32 Å². The summed E-state index contributed by atoms with van der Waals surface area (Å²) in [5.41, 5.74) is 1.26. The zero-order valence-electron chi connectivity index (χ0n) is 10.8. The van der Waals surface area contributed by atoms with Crippen LogP contribution in [-0.2, 0) is 6.54 Å². The van der Waals surface area contributed by atoms with Crippen molar-refractivity contribution >= 4 is 0 Å². The molecule has 17 heavy (non-hydrogen) atoms. The molecule has 0 aromatic heterocycles. The van der Waals surface area contributed by atoms with E-state index < -0.39 is 0 Å². The fourth-order valence-electron chi connectivity index (χ4n) is 1.40. The molecule has 1 aromatic carbocycles. The average molecular weight is 237 g/mol. The quantitative estimate of drug-likeness (QED) is 0.681. The van der Waals surface area contributed by atoms with E-state index in [1.54, 1.807) is 0 Å². The van der Waals surface area contributed by atoms with Crippen molar-refractivity contribution in [1.29, 1.82) is 0 Å². The lowest BCUT2D eigenvalue weighted by Crippen LogP contribution is -2.14. The number of rotatable bonds is 8. The molecule has 0 aliphatic rings. The van der Waals surface area contributed by atoms with Crippen LogP contribution in [0.1, 0.15) is 25.8 Å². The van der Waals surface area contributed by atoms with E-state index in [1.165, 1.54) is 5.56 Å². The minimum absolute atomic E-state index is 0.166. The normalized spacial score (nSPS) is 12.4. The third-order valence-corrected chi connectivity index (χ3v) is 2.53. The Labute approximate surface area is 104 Å². The summed E-state index contributed by atoms with van der Waals surface area (Å²) >= 11 is 0. The lowest BCUT2D eigenvalue weighted by molar-refractivity contribution is 0.174. The van der Waals surface area contributed by atoms with Gasteiger partial charge in [0.2, 0.25) is 0 Å². The lowest BCUT2D eigenvalue weighted by Gasteiger charge is -2.11. The first-order valence-electron chi connectivity index (χ1n) is 6.29. The van der Waals surface area contributed by atoms with Gasteiger partial charge in [-0.15, -0.1) is 0 Å². The van der Waals surface area contributed by atoms with Gasteiger partial charge in [-0.3, -0.25) is 0 Å². The van der Waals surface area contributed by atoms with Crippen molar-refractivity contribution in [3.05, 3.63) is 29.8 Å². The van der Waals surface area contributed by atoms with Gasteiger partial charge in [0.05, 0.1) is 6.61 Å². The van der Waals surface area contributed by atoms with Gasteiger partial charge in [-0.05, 0) is 30.7 Å². The van der Waals surface area contributed by atoms with Gasteiger partial charge >= 0.3 is 0 Å². The number of hydrogen-bond donors (Lipinski definition) is 2. The Morgan fingerprint density at radius 3 is 2.59 bits per heavy atom. The zero-order chi connectivity index (χ0) is 12.5. The molecule has 1 atom stereocenters. The van der Waals surface area contributed by atoms with E-state index in [4.69, 9.17) is 9.84 Å². The van der Waals surface area contributed by atoms with E-state index in [9.17, 15) is 0 Å². The van der Waals surface area contributed by atoms with Gasteiger partial charge in [0.15, 0.2) is 0 Å². The highest BCUT2D eigenvalue weighted by atomic mass is 16.5. The molecule has 3 nitrogen and oxygen atoms in total. The zero-order valence-corrected chi connectivity index (χ0v) is 10.8. The third kappa shape index (κ3) is 5.71. The van der Waals surface area contributed by atoms with Gasteiger partial charge in [-0.25, -0.2) is 0 Å². The highest BCUT2D eigenvalue weighted by Gasteiger charge is 2.01. The summed E-state index contributed by atoms with van der Waals surface area (Å²) in [6.07, 6.45) is 1.15. The molecule has 1 rings (SSSR count). The predicted octanol–water partition coefficient (Wildman–Crippen LogP) is 2.19. The van der Waals surface area contributed by atoms with Crippen LogP contribution in [0.3, 0.4) is 0 Å². The molecule has 1 unspecified atom stereocenters. The van der Waals surface area contributed by atoms with Crippen LogP contribution >= 0.6 is 0 Å². The standard InChI is InChI=1S/C14H23NO2/c1-3-8-15-9-13-4-6-14(7-5-13)17-11-12(2)10-16/h4-7,12,15-16H,3,8-11H2,1-2H3. The number of aliphatic hydroxyl groups excluding tert-OH is 1. The van der Waals surface area contributed by atoms with Gasteiger partial charge < -0.3 is 15.2 Å². The summed E-state index contributed by atoms with van der Waals surface area (Å²) in [6, 6.07) is 8.10. The molecule has 2 N–H and O–H groups in total. The smallest absolute Gasteiger partial charge is 0.119 e. The largest absolute Gasteiger partial charge is 0.493 e. The average Bonchev–Trinajstić information content (AvgIpc) is 2.37. The van der Waals surface area contributed by atoms with Crippen LogP contribution in [0.5, 0.6) is 5.75 Å². The maximum absolute atomic E-state index is 8.89. The van der Waals surface area contributed by atoms with Crippen LogP contribution < -0.4 is 10.1 Å². The summed E-state index contributed by atoms with van der Waals surface area (Å²) in [6.45, 7) is 6.80. The number of nitrogens with one attached hydrogen (secondary N) is 1. The number of hydrogen-bond acceptors (Lipinski definition) is 3. The Morgan fingerprint density at radius 2 is 2.00 bits per heavy atom. The van der Waals surface area contributed by atoms with Gasteiger partial charge in [0.25, 0.3) is 0 Å². The summed E-state index contributed by atoms with van der Waals surface area (Å²) in [5, 5.41) is 12.2. The van der Waals surface area contributed by atoms with Crippen molar-refractivity contribution in [3.63, 3.8) is 0 Å². The predicted molar refractivity (Wildman–Crippen MR) is 70.2 cm³/mol. The van der Waals surface area contributed by atoms with E-state index in [2.05, 4.69) is 24.4 Å². The summed E-state index contributed by atoms with van der Waals surface area (Å²) in [5.74, 6) is 1.05. The van der Waals surface area contributed by atoms with Crippen molar-refractivity contribution in [2.24, 2.45) is 5.92 Å². The second-order valence-electron chi connectivity index (χ2n) is 4.42. The van der Waals surface area contributed by atoms with E-state index in [0.717, 1.165) is 25.3 Å². The fraction of sp³-hybridized carbons (Fsp3) is 0.571. The molecular formula is C14H23NO2. The molecule has 0 bridgehead atoms. The molecule has 0 amide bonds. The molecule has 0 fully saturated rings. The molecule has 96 valence electrons. The summed E-state index contributed by atoms with van der Waals surface area (Å²) < 4.78 is 5.56. The fourth-order valence-corrected chi connectivity index (χ4v) is 1.40. The minimum atomic E-state index is 0.166. The first-order chi connectivity index (χ1) is 8.26. The van der Waals surface area contributed by atoms with Crippen LogP contribution in [0.15, 0.2) is 24.3 Å². The SMILES string of the molecule is CCCNCc1ccc(OCC(C)CO)cc1. The monoisotopic (exact) mass is 237 g/mol. The molecule has 0 radical (unpaired) electrons. The molecule has 3 heteroatoms. The summed E-state index contributed by atoms with van der Waals surface area (Å²) in [4.78, 5) is 0. The Bertz CT molecular complexity index is 298. The van der Waals surface area contributed by atoms with Crippen LogP contribution in [0, 0.1) is 5.92 Å². The van der Waals surface area contributed by atoms with Crippen LogP contribution in [0.4, 0.5) is 0 Å². The van der Waals surface area contributed by atoms with Crippen LogP contribution in [-0.4, -0.2) is 24.9 Å². The van der Waals surface area contributed by atoms with E-state index in [-0.39, 0.29) is 12.5 Å². The third-order valence-electron chi connectivity index (χ3n) is 2.53. The van der Waals surface area contributed by atoms with Crippen molar-refractivity contribution < 1.29 is 9.84 Å². The highest BCUT2D eigenvalue weighted by molar-refractivity contribution is 5.27.